The molecule has 0 aromatic heterocycles. The number of hydrogen-bond donors (Lipinski definition) is 2. The highest BCUT2D eigenvalue weighted by Gasteiger charge is 2.55. The van der Waals surface area contributed by atoms with Crippen LogP contribution in [0, 0.1) is 5.92 Å². The molecule has 6 nitrogen and oxygen atoms in total. The van der Waals surface area contributed by atoms with Crippen molar-refractivity contribution in [3.63, 3.8) is 0 Å². The van der Waals surface area contributed by atoms with Gasteiger partial charge in [0.25, 0.3) is 5.91 Å². The molecule has 1 unspecified atom stereocenters. The molecule has 1 atom stereocenters. The molecular formula is C27H29N3O3S. The predicted octanol–water partition coefficient (Wildman–Crippen LogP) is 3.42. The Morgan fingerprint density at radius 2 is 1.79 bits per heavy atom. The Hall–Kier alpha value is -2.64. The zero-order chi connectivity index (χ0) is 23.3. The molecule has 34 heavy (non-hydrogen) atoms. The Balaban J connectivity index is 1.06. The van der Waals surface area contributed by atoms with Gasteiger partial charge in [-0.05, 0) is 73.4 Å². The van der Waals surface area contributed by atoms with E-state index in [0.717, 1.165) is 35.1 Å². The third kappa shape index (κ3) is 3.95. The number of thioether (sulfide) groups is 1. The summed E-state index contributed by atoms with van der Waals surface area (Å²) in [5, 5.41) is 6.12. The molecule has 7 rings (SSSR count). The van der Waals surface area contributed by atoms with E-state index in [9.17, 15) is 14.4 Å². The van der Waals surface area contributed by atoms with Gasteiger partial charge in [-0.25, -0.2) is 0 Å². The highest BCUT2D eigenvalue weighted by Crippen LogP contribution is 2.56. The molecule has 7 heteroatoms. The van der Waals surface area contributed by atoms with E-state index in [4.69, 9.17) is 0 Å². The lowest BCUT2D eigenvalue weighted by Gasteiger charge is -2.62. The van der Waals surface area contributed by atoms with Crippen molar-refractivity contribution in [2.75, 3.05) is 6.54 Å². The minimum atomic E-state index is -0.577. The first-order valence-electron chi connectivity index (χ1n) is 12.2. The molecule has 2 aromatic carbocycles. The van der Waals surface area contributed by atoms with E-state index in [-0.39, 0.29) is 24.1 Å². The number of piperidine rings is 1. The molecule has 5 aliphatic rings. The largest absolute Gasteiger partial charge is 0.322 e. The monoisotopic (exact) mass is 475 g/mol. The molecular weight excluding hydrogens is 446 g/mol. The summed E-state index contributed by atoms with van der Waals surface area (Å²) >= 11 is 1.73. The molecule has 1 saturated heterocycles. The second-order valence-corrected chi connectivity index (χ2v) is 11.2. The van der Waals surface area contributed by atoms with E-state index < -0.39 is 6.04 Å². The van der Waals surface area contributed by atoms with E-state index in [2.05, 4.69) is 41.0 Å². The zero-order valence-corrected chi connectivity index (χ0v) is 20.0. The number of carbonyl (C=O) groups excluding carboxylic acids is 3. The normalized spacial score (nSPS) is 27.2. The maximum Gasteiger partial charge on any atom is 0.255 e. The molecule has 176 valence electrons. The fraction of sp³-hybridized carbons (Fsp3) is 0.444. The van der Waals surface area contributed by atoms with Crippen LogP contribution in [0.4, 0.5) is 0 Å². The highest BCUT2D eigenvalue weighted by molar-refractivity contribution is 7.98. The first-order chi connectivity index (χ1) is 16.5. The summed E-state index contributed by atoms with van der Waals surface area (Å²) in [5.74, 6) is 1.08. The van der Waals surface area contributed by atoms with E-state index in [1.807, 2.05) is 12.1 Å². The second-order valence-electron chi connectivity index (χ2n) is 10.2. The molecule has 2 aromatic rings. The van der Waals surface area contributed by atoms with Crippen LogP contribution < -0.4 is 10.6 Å². The molecule has 2 bridgehead atoms. The fourth-order valence-corrected chi connectivity index (χ4v) is 6.86. The van der Waals surface area contributed by atoms with Crippen LogP contribution in [-0.4, -0.2) is 40.7 Å². The number of hydrogen-bond acceptors (Lipinski definition) is 5. The van der Waals surface area contributed by atoms with E-state index in [1.54, 1.807) is 16.7 Å². The third-order valence-electron chi connectivity index (χ3n) is 7.91. The summed E-state index contributed by atoms with van der Waals surface area (Å²) in [5.41, 5.74) is 4.76. The molecule has 0 spiro atoms. The number of amides is 3. The van der Waals surface area contributed by atoms with Gasteiger partial charge < -0.3 is 10.2 Å². The Morgan fingerprint density at radius 1 is 1.03 bits per heavy atom. The lowest BCUT2D eigenvalue weighted by atomic mass is 9.50. The molecule has 3 amide bonds. The van der Waals surface area contributed by atoms with E-state index in [0.29, 0.717) is 24.1 Å². The molecule has 3 saturated carbocycles. The van der Waals surface area contributed by atoms with Gasteiger partial charge in [-0.1, -0.05) is 30.3 Å². The van der Waals surface area contributed by atoms with Crippen molar-refractivity contribution in [2.24, 2.45) is 5.92 Å². The third-order valence-corrected chi connectivity index (χ3v) is 9.08. The van der Waals surface area contributed by atoms with Crippen molar-refractivity contribution < 1.29 is 14.4 Å². The number of carbonyl (C=O) groups is 3. The molecule has 3 aliphatic carbocycles. The molecule has 4 fully saturated rings. The Kier molecular flexibility index (Phi) is 5.49. The first kappa shape index (κ1) is 21.9. The summed E-state index contributed by atoms with van der Waals surface area (Å²) in [6.45, 7) is 1.46. The highest BCUT2D eigenvalue weighted by atomic mass is 32.2. The Bertz CT molecular complexity index is 1150. The van der Waals surface area contributed by atoms with Gasteiger partial charge in [-0.15, -0.1) is 11.8 Å². The maximum absolute atomic E-state index is 13.0. The van der Waals surface area contributed by atoms with Crippen molar-refractivity contribution in [1.82, 2.24) is 15.5 Å². The molecule has 2 aliphatic heterocycles. The smallest absolute Gasteiger partial charge is 0.255 e. The van der Waals surface area contributed by atoms with Gasteiger partial charge in [-0.3, -0.25) is 19.7 Å². The second kappa shape index (κ2) is 8.54. The van der Waals surface area contributed by atoms with Crippen LogP contribution in [0.25, 0.3) is 0 Å². The van der Waals surface area contributed by atoms with Gasteiger partial charge in [0.1, 0.15) is 6.04 Å². The van der Waals surface area contributed by atoms with Gasteiger partial charge >= 0.3 is 0 Å². The van der Waals surface area contributed by atoms with Gasteiger partial charge in [0.05, 0.1) is 0 Å². The SMILES string of the molecule is O=C1CCC(N2Cc3c(SCc4ccc(CCNC56CC(C5)C6)cc4)cccc3C2=O)C(=O)N1. The van der Waals surface area contributed by atoms with Crippen molar-refractivity contribution in [3.05, 3.63) is 64.7 Å². The van der Waals surface area contributed by atoms with Crippen LogP contribution in [-0.2, 0) is 28.3 Å². The van der Waals surface area contributed by atoms with Crippen LogP contribution >= 0.6 is 11.8 Å². The number of rotatable bonds is 8. The Labute approximate surface area is 203 Å². The molecule has 0 radical (unpaired) electrons. The van der Waals surface area contributed by atoms with Crippen LogP contribution in [0.3, 0.4) is 0 Å². The average molecular weight is 476 g/mol. The zero-order valence-electron chi connectivity index (χ0n) is 19.1. The van der Waals surface area contributed by atoms with Crippen molar-refractivity contribution in [2.45, 2.75) is 67.3 Å². The molecule has 2 N–H and O–H groups in total. The van der Waals surface area contributed by atoms with Gasteiger partial charge in [0, 0.05) is 34.7 Å². The van der Waals surface area contributed by atoms with Crippen LogP contribution in [0.5, 0.6) is 0 Å². The number of nitrogens with one attached hydrogen (secondary N) is 2. The minimum Gasteiger partial charge on any atom is -0.322 e. The lowest BCUT2D eigenvalue weighted by Crippen LogP contribution is -2.67. The summed E-state index contributed by atoms with van der Waals surface area (Å²) in [4.78, 5) is 39.5. The maximum atomic E-state index is 13.0. The van der Waals surface area contributed by atoms with Gasteiger partial charge in [-0.2, -0.15) is 0 Å². The van der Waals surface area contributed by atoms with Crippen molar-refractivity contribution >= 4 is 29.5 Å². The molecule has 2 heterocycles. The Morgan fingerprint density at radius 3 is 2.50 bits per heavy atom. The van der Waals surface area contributed by atoms with Crippen LogP contribution in [0.15, 0.2) is 47.4 Å². The van der Waals surface area contributed by atoms with Crippen LogP contribution in [0.1, 0.15) is 59.2 Å². The number of fused-ring (bicyclic) bond motifs is 1. The summed E-state index contributed by atoms with van der Waals surface area (Å²) < 4.78 is 0. The fourth-order valence-electron chi connectivity index (χ4n) is 5.82. The van der Waals surface area contributed by atoms with Gasteiger partial charge in [0.15, 0.2) is 0 Å². The minimum absolute atomic E-state index is 0.122. The summed E-state index contributed by atoms with van der Waals surface area (Å²) in [6.07, 6.45) is 5.85. The van der Waals surface area contributed by atoms with Gasteiger partial charge in [0.2, 0.25) is 11.8 Å². The summed E-state index contributed by atoms with van der Waals surface area (Å²) in [7, 11) is 0. The van der Waals surface area contributed by atoms with Crippen molar-refractivity contribution in [3.8, 4) is 0 Å². The first-order valence-corrected chi connectivity index (χ1v) is 13.2. The quantitative estimate of drug-likeness (QED) is 0.452. The number of benzene rings is 2. The van der Waals surface area contributed by atoms with E-state index >= 15 is 0 Å². The number of imide groups is 1. The average Bonchev–Trinajstić information content (AvgIpc) is 3.11. The van der Waals surface area contributed by atoms with E-state index in [1.165, 1.54) is 30.4 Å². The summed E-state index contributed by atoms with van der Waals surface area (Å²) in [6, 6.07) is 14.1. The standard InChI is InChI=1S/C27H29N3O3S/c31-24-9-8-22(25(32)29-24)30-15-21-20(26(30)33)2-1-3-23(21)34-16-18-6-4-17(5-7-18)10-11-28-27-12-19(13-27)14-27/h1-7,19,22,28H,8-16H2,(H,29,31,32). The predicted molar refractivity (Wildman–Crippen MR) is 130 cm³/mol. The van der Waals surface area contributed by atoms with Crippen LogP contribution in [0.2, 0.25) is 0 Å². The number of nitrogens with zero attached hydrogens (tertiary/aromatic N) is 1. The topological polar surface area (TPSA) is 78.5 Å². The van der Waals surface area contributed by atoms with Crippen molar-refractivity contribution in [1.29, 1.82) is 0 Å². The lowest BCUT2D eigenvalue weighted by molar-refractivity contribution is -0.136.